The summed E-state index contributed by atoms with van der Waals surface area (Å²) in [7, 11) is 0. The van der Waals surface area contributed by atoms with Crippen LogP contribution in [0.5, 0.6) is 0 Å². The normalized spacial score (nSPS) is 17.8. The highest BCUT2D eigenvalue weighted by Crippen LogP contribution is 2.32. The molecule has 1 atom stereocenters. The molecule has 5 nitrogen and oxygen atoms in total. The molecule has 0 radical (unpaired) electrons. The molecule has 0 amide bonds. The minimum Gasteiger partial charge on any atom is -0.368 e. The second kappa shape index (κ2) is 4.84. The maximum Gasteiger partial charge on any atom is 0.227 e. The zero-order valence-corrected chi connectivity index (χ0v) is 10.9. The highest BCUT2D eigenvalue weighted by molar-refractivity contribution is 5.41. The van der Waals surface area contributed by atoms with Crippen LogP contribution in [0.4, 0.5) is 11.9 Å². The molecule has 3 N–H and O–H groups in total. The van der Waals surface area contributed by atoms with Crippen molar-refractivity contribution in [2.75, 3.05) is 11.1 Å². The van der Waals surface area contributed by atoms with Gasteiger partial charge in [-0.3, -0.25) is 0 Å². The first-order chi connectivity index (χ1) is 9.22. The standard InChI is InChI=1S/C14H17N5/c1-9-5-6-10-3-2-4-12(11(10)7-9)18-14-17-8-16-13(15)19-14/h5-8,12H,2-4H2,1H3,(H3,15,16,17,18,19). The van der Waals surface area contributed by atoms with Gasteiger partial charge in [0, 0.05) is 0 Å². The van der Waals surface area contributed by atoms with Crippen LogP contribution < -0.4 is 11.1 Å². The number of rotatable bonds is 2. The average Bonchev–Trinajstić information content (AvgIpc) is 2.39. The van der Waals surface area contributed by atoms with Crippen molar-refractivity contribution < 1.29 is 0 Å². The van der Waals surface area contributed by atoms with Gasteiger partial charge in [0.1, 0.15) is 6.33 Å². The van der Waals surface area contributed by atoms with Crippen LogP contribution in [0.25, 0.3) is 0 Å². The van der Waals surface area contributed by atoms with Crippen LogP contribution in [0, 0.1) is 6.92 Å². The molecule has 1 aromatic heterocycles. The van der Waals surface area contributed by atoms with Crippen LogP contribution in [0.2, 0.25) is 0 Å². The number of nitrogens with one attached hydrogen (secondary N) is 1. The van der Waals surface area contributed by atoms with E-state index in [1.165, 1.54) is 29.4 Å². The van der Waals surface area contributed by atoms with Crippen LogP contribution in [-0.4, -0.2) is 15.0 Å². The number of fused-ring (bicyclic) bond motifs is 1. The van der Waals surface area contributed by atoms with Gasteiger partial charge in [-0.05, 0) is 37.3 Å². The highest BCUT2D eigenvalue weighted by Gasteiger charge is 2.20. The number of anilines is 2. The van der Waals surface area contributed by atoms with Gasteiger partial charge in [0.15, 0.2) is 0 Å². The first-order valence-corrected chi connectivity index (χ1v) is 6.53. The fourth-order valence-electron chi connectivity index (χ4n) is 2.60. The fraction of sp³-hybridized carbons (Fsp3) is 0.357. The summed E-state index contributed by atoms with van der Waals surface area (Å²) in [6.45, 7) is 2.12. The summed E-state index contributed by atoms with van der Waals surface area (Å²) in [5.74, 6) is 0.796. The number of nitrogens with zero attached hydrogens (tertiary/aromatic N) is 3. The molecule has 0 bridgehead atoms. The molecule has 1 heterocycles. The van der Waals surface area contributed by atoms with Crippen molar-refractivity contribution in [3.8, 4) is 0 Å². The Hall–Kier alpha value is -2.17. The summed E-state index contributed by atoms with van der Waals surface area (Å²) in [4.78, 5) is 12.0. The van der Waals surface area contributed by atoms with Gasteiger partial charge in [-0.2, -0.15) is 4.98 Å². The first kappa shape index (κ1) is 11.9. The van der Waals surface area contributed by atoms with Gasteiger partial charge in [-0.1, -0.05) is 23.8 Å². The van der Waals surface area contributed by atoms with E-state index >= 15 is 0 Å². The summed E-state index contributed by atoms with van der Waals surface area (Å²) in [6, 6.07) is 6.89. The topological polar surface area (TPSA) is 76.7 Å². The smallest absolute Gasteiger partial charge is 0.227 e. The molecule has 1 aromatic carbocycles. The summed E-state index contributed by atoms with van der Waals surface area (Å²) >= 11 is 0. The molecule has 0 aliphatic heterocycles. The summed E-state index contributed by atoms with van der Waals surface area (Å²) < 4.78 is 0. The summed E-state index contributed by atoms with van der Waals surface area (Å²) in [5.41, 5.74) is 9.63. The van der Waals surface area contributed by atoms with E-state index in [-0.39, 0.29) is 12.0 Å². The van der Waals surface area contributed by atoms with Crippen molar-refractivity contribution in [3.63, 3.8) is 0 Å². The molecule has 0 saturated carbocycles. The van der Waals surface area contributed by atoms with Gasteiger partial charge in [0.25, 0.3) is 0 Å². The SMILES string of the molecule is Cc1ccc2c(c1)C(Nc1ncnc(N)n1)CCC2. The van der Waals surface area contributed by atoms with Gasteiger partial charge in [0.2, 0.25) is 11.9 Å². The maximum atomic E-state index is 5.58. The van der Waals surface area contributed by atoms with Gasteiger partial charge in [-0.15, -0.1) is 0 Å². The van der Waals surface area contributed by atoms with Crippen LogP contribution in [-0.2, 0) is 6.42 Å². The number of hydrogen-bond acceptors (Lipinski definition) is 5. The maximum absolute atomic E-state index is 5.58. The quantitative estimate of drug-likeness (QED) is 0.860. The number of aryl methyl sites for hydroxylation is 2. The zero-order valence-electron chi connectivity index (χ0n) is 10.9. The lowest BCUT2D eigenvalue weighted by Crippen LogP contribution is -2.19. The molecular formula is C14H17N5. The largest absolute Gasteiger partial charge is 0.368 e. The van der Waals surface area contributed by atoms with Crippen molar-refractivity contribution in [1.29, 1.82) is 0 Å². The van der Waals surface area contributed by atoms with E-state index in [2.05, 4.69) is 45.4 Å². The van der Waals surface area contributed by atoms with E-state index in [1.807, 2.05) is 0 Å². The third-order valence-corrected chi connectivity index (χ3v) is 3.51. The monoisotopic (exact) mass is 255 g/mol. The predicted octanol–water partition coefficient (Wildman–Crippen LogP) is 2.25. The van der Waals surface area contributed by atoms with E-state index in [0.717, 1.165) is 12.8 Å². The van der Waals surface area contributed by atoms with Crippen LogP contribution in [0.15, 0.2) is 24.5 Å². The van der Waals surface area contributed by atoms with Gasteiger partial charge < -0.3 is 11.1 Å². The van der Waals surface area contributed by atoms with Crippen molar-refractivity contribution in [3.05, 3.63) is 41.2 Å². The Bertz CT molecular complexity index is 596. The van der Waals surface area contributed by atoms with E-state index in [1.54, 1.807) is 0 Å². The molecular weight excluding hydrogens is 238 g/mol. The zero-order chi connectivity index (χ0) is 13.2. The van der Waals surface area contributed by atoms with Gasteiger partial charge in [-0.25, -0.2) is 9.97 Å². The van der Waals surface area contributed by atoms with Crippen molar-refractivity contribution in [1.82, 2.24) is 15.0 Å². The Balaban J connectivity index is 1.89. The van der Waals surface area contributed by atoms with Crippen LogP contribution in [0.1, 0.15) is 35.6 Å². The lowest BCUT2D eigenvalue weighted by Gasteiger charge is -2.26. The Kier molecular flexibility index (Phi) is 3.03. The molecule has 5 heteroatoms. The van der Waals surface area contributed by atoms with Crippen LogP contribution >= 0.6 is 0 Å². The Morgan fingerprint density at radius 3 is 3.05 bits per heavy atom. The minimum atomic E-state index is 0.248. The number of benzene rings is 1. The highest BCUT2D eigenvalue weighted by atomic mass is 15.2. The Labute approximate surface area is 112 Å². The third-order valence-electron chi connectivity index (χ3n) is 3.51. The van der Waals surface area contributed by atoms with E-state index < -0.39 is 0 Å². The van der Waals surface area contributed by atoms with E-state index in [9.17, 15) is 0 Å². The Morgan fingerprint density at radius 2 is 2.21 bits per heavy atom. The second-order valence-electron chi connectivity index (χ2n) is 4.96. The van der Waals surface area contributed by atoms with Gasteiger partial charge >= 0.3 is 0 Å². The molecule has 3 rings (SSSR count). The van der Waals surface area contributed by atoms with E-state index in [0.29, 0.717) is 5.95 Å². The Morgan fingerprint density at radius 1 is 1.32 bits per heavy atom. The van der Waals surface area contributed by atoms with E-state index in [4.69, 9.17) is 5.73 Å². The molecule has 0 fully saturated rings. The van der Waals surface area contributed by atoms with Gasteiger partial charge in [0.05, 0.1) is 6.04 Å². The number of hydrogen-bond donors (Lipinski definition) is 2. The van der Waals surface area contributed by atoms with Crippen molar-refractivity contribution in [2.45, 2.75) is 32.2 Å². The molecule has 2 aromatic rings. The molecule has 19 heavy (non-hydrogen) atoms. The van der Waals surface area contributed by atoms with Crippen molar-refractivity contribution in [2.24, 2.45) is 0 Å². The second-order valence-corrected chi connectivity index (χ2v) is 4.96. The number of aromatic nitrogens is 3. The third kappa shape index (κ3) is 2.50. The summed E-state index contributed by atoms with van der Waals surface area (Å²) in [6.07, 6.45) is 4.84. The lowest BCUT2D eigenvalue weighted by molar-refractivity contribution is 0.595. The molecule has 98 valence electrons. The minimum absolute atomic E-state index is 0.248. The van der Waals surface area contributed by atoms with Crippen molar-refractivity contribution >= 4 is 11.9 Å². The average molecular weight is 255 g/mol. The fourth-order valence-corrected chi connectivity index (χ4v) is 2.60. The summed E-state index contributed by atoms with van der Waals surface area (Å²) in [5, 5.41) is 3.36. The molecule has 1 unspecified atom stereocenters. The van der Waals surface area contributed by atoms with Crippen LogP contribution in [0.3, 0.4) is 0 Å². The number of nitrogen functional groups attached to an aromatic ring is 1. The molecule has 0 spiro atoms. The number of nitrogens with two attached hydrogens (primary N) is 1. The predicted molar refractivity (Wildman–Crippen MR) is 74.7 cm³/mol. The first-order valence-electron chi connectivity index (χ1n) is 6.53. The molecule has 1 aliphatic carbocycles. The lowest BCUT2D eigenvalue weighted by atomic mass is 9.87. The molecule has 1 aliphatic rings. The molecule has 0 saturated heterocycles.